The summed E-state index contributed by atoms with van der Waals surface area (Å²) in [5, 5.41) is 2.24. The standard InChI is InChI=1S/C11H13F4N/c1-10(16-2,11(13,14)15)7-8-4-3-5-9(12)6-8/h3-6,16H,7H2,1-2H3. The van der Waals surface area contributed by atoms with Crippen LogP contribution in [0.3, 0.4) is 0 Å². The maximum atomic E-state index is 12.8. The molecule has 0 aliphatic heterocycles. The zero-order chi connectivity index (χ0) is 12.4. The number of rotatable bonds is 3. The highest BCUT2D eigenvalue weighted by Gasteiger charge is 2.49. The lowest BCUT2D eigenvalue weighted by atomic mass is 9.92. The molecule has 0 heterocycles. The summed E-state index contributed by atoms with van der Waals surface area (Å²) in [6.45, 7) is 1.05. The van der Waals surface area contributed by atoms with E-state index < -0.39 is 17.5 Å². The third-order valence-corrected chi connectivity index (χ3v) is 2.62. The van der Waals surface area contributed by atoms with Crippen molar-refractivity contribution in [3.05, 3.63) is 35.6 Å². The first-order valence-corrected chi connectivity index (χ1v) is 4.78. The molecule has 1 unspecified atom stereocenters. The van der Waals surface area contributed by atoms with Crippen molar-refractivity contribution >= 4 is 0 Å². The third-order valence-electron chi connectivity index (χ3n) is 2.62. The van der Waals surface area contributed by atoms with Crippen LogP contribution in [0.15, 0.2) is 24.3 Å². The fraction of sp³-hybridized carbons (Fsp3) is 0.455. The van der Waals surface area contributed by atoms with Crippen molar-refractivity contribution in [1.82, 2.24) is 5.32 Å². The van der Waals surface area contributed by atoms with Crippen molar-refractivity contribution in [2.24, 2.45) is 0 Å². The van der Waals surface area contributed by atoms with Crippen LogP contribution < -0.4 is 5.32 Å². The Balaban J connectivity index is 2.94. The van der Waals surface area contributed by atoms with E-state index in [0.717, 1.165) is 13.0 Å². The summed E-state index contributed by atoms with van der Waals surface area (Å²) in [4.78, 5) is 0. The first-order valence-electron chi connectivity index (χ1n) is 4.78. The second kappa shape index (κ2) is 4.41. The van der Waals surface area contributed by atoms with Crippen molar-refractivity contribution < 1.29 is 17.6 Å². The number of halogens is 4. The topological polar surface area (TPSA) is 12.0 Å². The largest absolute Gasteiger partial charge is 0.406 e. The predicted molar refractivity (Wildman–Crippen MR) is 53.6 cm³/mol. The van der Waals surface area contributed by atoms with E-state index in [4.69, 9.17) is 0 Å². The first-order chi connectivity index (χ1) is 7.28. The lowest BCUT2D eigenvalue weighted by molar-refractivity contribution is -0.189. The maximum Gasteiger partial charge on any atom is 0.406 e. The molecule has 90 valence electrons. The van der Waals surface area contributed by atoms with Gasteiger partial charge in [0.15, 0.2) is 0 Å². The van der Waals surface area contributed by atoms with Gasteiger partial charge in [0.1, 0.15) is 11.4 Å². The number of hydrogen-bond acceptors (Lipinski definition) is 1. The van der Waals surface area contributed by atoms with Crippen LogP contribution in [0.2, 0.25) is 0 Å². The average molecular weight is 235 g/mol. The molecule has 0 spiro atoms. The van der Waals surface area contributed by atoms with Crippen molar-refractivity contribution in [3.63, 3.8) is 0 Å². The van der Waals surface area contributed by atoms with Gasteiger partial charge in [-0.2, -0.15) is 13.2 Å². The van der Waals surface area contributed by atoms with E-state index in [1.165, 1.54) is 25.2 Å². The van der Waals surface area contributed by atoms with E-state index in [0.29, 0.717) is 5.56 Å². The predicted octanol–water partition coefficient (Wildman–Crippen LogP) is 2.91. The van der Waals surface area contributed by atoms with Crippen molar-refractivity contribution in [1.29, 1.82) is 0 Å². The summed E-state index contributed by atoms with van der Waals surface area (Å²) in [6.07, 6.45) is -4.68. The summed E-state index contributed by atoms with van der Waals surface area (Å²) in [7, 11) is 1.24. The van der Waals surface area contributed by atoms with Crippen LogP contribution in [0.1, 0.15) is 12.5 Å². The summed E-state index contributed by atoms with van der Waals surface area (Å²) >= 11 is 0. The lowest BCUT2D eigenvalue weighted by Gasteiger charge is -2.31. The highest BCUT2D eigenvalue weighted by Crippen LogP contribution is 2.32. The summed E-state index contributed by atoms with van der Waals surface area (Å²) in [5.74, 6) is -0.530. The average Bonchev–Trinajstić information content (AvgIpc) is 2.15. The van der Waals surface area contributed by atoms with Gasteiger partial charge in [0.2, 0.25) is 0 Å². The molecule has 0 aliphatic carbocycles. The molecule has 0 saturated heterocycles. The van der Waals surface area contributed by atoms with Crippen LogP contribution in [-0.4, -0.2) is 18.8 Å². The minimum Gasteiger partial charge on any atom is -0.307 e. The molecule has 16 heavy (non-hydrogen) atoms. The van der Waals surface area contributed by atoms with Gasteiger partial charge in [-0.05, 0) is 38.1 Å². The van der Waals surface area contributed by atoms with Gasteiger partial charge >= 0.3 is 6.18 Å². The smallest absolute Gasteiger partial charge is 0.307 e. The molecule has 0 amide bonds. The van der Waals surface area contributed by atoms with Gasteiger partial charge in [-0.1, -0.05) is 12.1 Å². The fourth-order valence-corrected chi connectivity index (χ4v) is 1.39. The normalized spacial score (nSPS) is 15.9. The highest BCUT2D eigenvalue weighted by molar-refractivity contribution is 5.19. The minimum absolute atomic E-state index is 0.301. The zero-order valence-electron chi connectivity index (χ0n) is 9.03. The summed E-state index contributed by atoms with van der Waals surface area (Å²) < 4.78 is 51.0. The molecule has 1 aromatic carbocycles. The molecule has 1 N–H and O–H groups in total. The molecule has 1 aromatic rings. The van der Waals surface area contributed by atoms with Gasteiger partial charge in [-0.15, -0.1) is 0 Å². The molecular weight excluding hydrogens is 222 g/mol. The number of benzene rings is 1. The van der Waals surface area contributed by atoms with E-state index in [1.807, 2.05) is 0 Å². The molecule has 5 heteroatoms. The van der Waals surface area contributed by atoms with Crippen LogP contribution in [0.5, 0.6) is 0 Å². The van der Waals surface area contributed by atoms with Crippen LogP contribution >= 0.6 is 0 Å². The summed E-state index contributed by atoms with van der Waals surface area (Å²) in [6, 6.07) is 5.19. The Morgan fingerprint density at radius 1 is 1.25 bits per heavy atom. The quantitative estimate of drug-likeness (QED) is 0.794. The number of nitrogens with one attached hydrogen (secondary N) is 1. The molecule has 0 aromatic heterocycles. The highest BCUT2D eigenvalue weighted by atomic mass is 19.4. The van der Waals surface area contributed by atoms with Gasteiger partial charge in [0, 0.05) is 0 Å². The van der Waals surface area contributed by atoms with Gasteiger partial charge in [0.25, 0.3) is 0 Å². The van der Waals surface area contributed by atoms with Crippen LogP contribution in [-0.2, 0) is 6.42 Å². The van der Waals surface area contributed by atoms with Crippen LogP contribution in [0, 0.1) is 5.82 Å². The van der Waals surface area contributed by atoms with Gasteiger partial charge in [-0.3, -0.25) is 0 Å². The van der Waals surface area contributed by atoms with Crippen LogP contribution in [0.25, 0.3) is 0 Å². The van der Waals surface area contributed by atoms with Gasteiger partial charge in [0.05, 0.1) is 0 Å². The number of hydrogen-bond donors (Lipinski definition) is 1. The SMILES string of the molecule is CNC(C)(Cc1cccc(F)c1)C(F)(F)F. The Labute approximate surface area is 91.5 Å². The minimum atomic E-state index is -4.38. The molecule has 0 radical (unpaired) electrons. The Morgan fingerprint density at radius 3 is 2.31 bits per heavy atom. The van der Waals surface area contributed by atoms with E-state index in [-0.39, 0.29) is 6.42 Å². The van der Waals surface area contributed by atoms with Gasteiger partial charge in [-0.25, -0.2) is 4.39 Å². The third kappa shape index (κ3) is 2.72. The Hall–Kier alpha value is -1.10. The lowest BCUT2D eigenvalue weighted by Crippen LogP contribution is -2.54. The first kappa shape index (κ1) is 13.0. The van der Waals surface area contributed by atoms with Crippen molar-refractivity contribution in [2.45, 2.75) is 25.1 Å². The Kier molecular flexibility index (Phi) is 3.57. The molecule has 0 saturated carbocycles. The molecule has 0 bridgehead atoms. The van der Waals surface area contributed by atoms with E-state index in [2.05, 4.69) is 5.32 Å². The molecule has 1 atom stereocenters. The summed E-state index contributed by atoms with van der Waals surface area (Å²) in [5.41, 5.74) is -1.73. The molecule has 1 nitrogen and oxygen atoms in total. The van der Waals surface area contributed by atoms with Crippen LogP contribution in [0.4, 0.5) is 17.6 Å². The molecule has 1 rings (SSSR count). The second-order valence-electron chi connectivity index (χ2n) is 3.89. The second-order valence-corrected chi connectivity index (χ2v) is 3.89. The molecule has 0 fully saturated rings. The maximum absolute atomic E-state index is 12.8. The zero-order valence-corrected chi connectivity index (χ0v) is 9.03. The monoisotopic (exact) mass is 235 g/mol. The molecular formula is C11H13F4N. The van der Waals surface area contributed by atoms with E-state index >= 15 is 0 Å². The number of alkyl halides is 3. The van der Waals surface area contributed by atoms with Gasteiger partial charge < -0.3 is 5.32 Å². The van der Waals surface area contributed by atoms with Crippen molar-refractivity contribution in [2.75, 3.05) is 7.05 Å². The van der Waals surface area contributed by atoms with E-state index in [1.54, 1.807) is 0 Å². The number of likely N-dealkylation sites (N-methyl/N-ethyl adjacent to an activating group) is 1. The Bertz CT molecular complexity index is 361. The Morgan fingerprint density at radius 2 is 1.88 bits per heavy atom. The molecule has 0 aliphatic rings. The van der Waals surface area contributed by atoms with E-state index in [9.17, 15) is 17.6 Å². The fourth-order valence-electron chi connectivity index (χ4n) is 1.39. The van der Waals surface area contributed by atoms with Crippen molar-refractivity contribution in [3.8, 4) is 0 Å².